The van der Waals surface area contributed by atoms with E-state index in [2.05, 4.69) is 31.2 Å². The van der Waals surface area contributed by atoms with Crippen molar-refractivity contribution in [1.82, 2.24) is 0 Å². The van der Waals surface area contributed by atoms with Crippen LogP contribution in [0.3, 0.4) is 0 Å². The summed E-state index contributed by atoms with van der Waals surface area (Å²) in [5.74, 6) is 2.00. The molecule has 0 N–H and O–H groups in total. The van der Waals surface area contributed by atoms with Crippen molar-refractivity contribution in [2.75, 3.05) is 0 Å². The van der Waals surface area contributed by atoms with Crippen molar-refractivity contribution in [1.29, 1.82) is 0 Å². The number of benzene rings is 2. The van der Waals surface area contributed by atoms with Crippen LogP contribution >= 0.6 is 0 Å². The van der Waals surface area contributed by atoms with E-state index >= 15 is 0 Å². The lowest BCUT2D eigenvalue weighted by atomic mass is 9.77. The summed E-state index contributed by atoms with van der Waals surface area (Å²) in [7, 11) is 0. The average molecular weight is 365 g/mol. The summed E-state index contributed by atoms with van der Waals surface area (Å²) >= 11 is 0. The Morgan fingerprint density at radius 1 is 0.889 bits per heavy atom. The first-order valence-corrected chi connectivity index (χ1v) is 10.5. The molecule has 0 bridgehead atoms. The molecular weight excluding hydrogens is 332 g/mol. The maximum absolute atomic E-state index is 11.0. The molecule has 1 fully saturated rings. The van der Waals surface area contributed by atoms with Gasteiger partial charge in [0.25, 0.3) is 0 Å². The Morgan fingerprint density at radius 2 is 1.48 bits per heavy atom. The third-order valence-electron chi connectivity index (χ3n) is 5.89. The van der Waals surface area contributed by atoms with Crippen LogP contribution in [0.1, 0.15) is 76.7 Å². The minimum Gasteiger partial charge on any atom is -0.427 e. The highest BCUT2D eigenvalue weighted by Gasteiger charge is 2.22. The molecule has 2 nitrogen and oxygen atoms in total. The van der Waals surface area contributed by atoms with E-state index in [1.807, 2.05) is 24.3 Å². The zero-order valence-corrected chi connectivity index (χ0v) is 16.7. The van der Waals surface area contributed by atoms with E-state index in [1.54, 1.807) is 0 Å². The van der Waals surface area contributed by atoms with Crippen molar-refractivity contribution in [3.63, 3.8) is 0 Å². The first-order chi connectivity index (χ1) is 13.2. The van der Waals surface area contributed by atoms with Crippen molar-refractivity contribution in [3.8, 4) is 16.9 Å². The van der Waals surface area contributed by atoms with Crippen molar-refractivity contribution in [2.24, 2.45) is 5.92 Å². The summed E-state index contributed by atoms with van der Waals surface area (Å²) in [5, 5.41) is 0. The fourth-order valence-electron chi connectivity index (χ4n) is 4.30. The van der Waals surface area contributed by atoms with E-state index in [9.17, 15) is 4.79 Å². The normalized spacial score (nSPS) is 19.6. The van der Waals surface area contributed by atoms with Crippen LogP contribution < -0.4 is 4.74 Å². The molecule has 0 aromatic heterocycles. The minimum atomic E-state index is -0.285. The summed E-state index contributed by atoms with van der Waals surface area (Å²) in [6.45, 7) is 3.71. The van der Waals surface area contributed by atoms with E-state index in [4.69, 9.17) is 4.74 Å². The molecule has 0 atom stereocenters. The second kappa shape index (κ2) is 9.73. The van der Waals surface area contributed by atoms with Crippen LogP contribution in [0.25, 0.3) is 11.1 Å². The number of hydrogen-bond donors (Lipinski definition) is 0. The fraction of sp³-hybridized carbons (Fsp3) is 0.480. The molecule has 1 aliphatic carbocycles. The maximum atomic E-state index is 11.0. The van der Waals surface area contributed by atoms with Crippen LogP contribution in [0, 0.1) is 5.92 Å². The Morgan fingerprint density at radius 3 is 2.04 bits per heavy atom. The molecule has 1 aliphatic rings. The van der Waals surface area contributed by atoms with Gasteiger partial charge < -0.3 is 4.74 Å². The molecule has 3 rings (SSSR count). The van der Waals surface area contributed by atoms with Gasteiger partial charge in [-0.25, -0.2) is 0 Å². The highest BCUT2D eigenvalue weighted by Crippen LogP contribution is 2.38. The van der Waals surface area contributed by atoms with Gasteiger partial charge in [-0.15, -0.1) is 0 Å². The number of unbranched alkanes of at least 4 members (excludes halogenated alkanes) is 2. The molecule has 0 unspecified atom stereocenters. The first-order valence-electron chi connectivity index (χ1n) is 10.5. The predicted octanol–water partition coefficient (Wildman–Crippen LogP) is 7.13. The lowest BCUT2D eigenvalue weighted by Gasteiger charge is -2.29. The van der Waals surface area contributed by atoms with Gasteiger partial charge in [-0.2, -0.15) is 0 Å². The minimum absolute atomic E-state index is 0.285. The van der Waals surface area contributed by atoms with E-state index < -0.39 is 0 Å². The monoisotopic (exact) mass is 364 g/mol. The van der Waals surface area contributed by atoms with Crippen molar-refractivity contribution in [3.05, 3.63) is 54.1 Å². The van der Waals surface area contributed by atoms with Gasteiger partial charge in [0, 0.05) is 6.92 Å². The Labute approximate surface area is 164 Å². The third kappa shape index (κ3) is 5.69. The SMILES string of the molecule is CCCCC[C@H]1CC[C@H](c2ccc(-c3ccc(OC(C)=O)cc3)cc2)CC1. The second-order valence-corrected chi connectivity index (χ2v) is 7.95. The number of ether oxygens (including phenoxy) is 1. The van der Waals surface area contributed by atoms with Gasteiger partial charge in [0.2, 0.25) is 0 Å². The zero-order chi connectivity index (χ0) is 19.1. The van der Waals surface area contributed by atoms with Crippen LogP contribution in [0.2, 0.25) is 0 Å². The van der Waals surface area contributed by atoms with Gasteiger partial charge in [0.15, 0.2) is 0 Å². The molecule has 0 saturated heterocycles. The Kier molecular flexibility index (Phi) is 7.09. The molecule has 2 aromatic carbocycles. The van der Waals surface area contributed by atoms with Crippen molar-refractivity contribution in [2.45, 2.75) is 71.1 Å². The lowest BCUT2D eigenvalue weighted by molar-refractivity contribution is -0.131. The van der Waals surface area contributed by atoms with E-state index in [0.29, 0.717) is 5.75 Å². The Bertz CT molecular complexity index is 707. The quantitative estimate of drug-likeness (QED) is 0.297. The maximum Gasteiger partial charge on any atom is 0.308 e. The highest BCUT2D eigenvalue weighted by atomic mass is 16.5. The van der Waals surface area contributed by atoms with E-state index in [-0.39, 0.29) is 5.97 Å². The molecule has 1 saturated carbocycles. The Balaban J connectivity index is 1.55. The van der Waals surface area contributed by atoms with Gasteiger partial charge in [0.1, 0.15) is 5.75 Å². The molecular formula is C25H32O2. The van der Waals surface area contributed by atoms with Crippen LogP contribution in [0.4, 0.5) is 0 Å². The Hall–Kier alpha value is -2.09. The number of carbonyl (C=O) groups excluding carboxylic acids is 1. The lowest BCUT2D eigenvalue weighted by Crippen LogP contribution is -2.13. The fourth-order valence-corrected chi connectivity index (χ4v) is 4.30. The standard InChI is InChI=1S/C25H32O2/c1-3-4-5-6-20-7-9-21(10-8-20)22-11-13-23(14-12-22)24-15-17-25(18-16-24)27-19(2)26/h11-18,20-21H,3-10H2,1-2H3/t20-,21-. The molecule has 144 valence electrons. The average Bonchev–Trinajstić information content (AvgIpc) is 2.69. The summed E-state index contributed by atoms with van der Waals surface area (Å²) in [5.41, 5.74) is 3.85. The third-order valence-corrected chi connectivity index (χ3v) is 5.89. The van der Waals surface area contributed by atoms with Crippen LogP contribution in [-0.2, 0) is 4.79 Å². The van der Waals surface area contributed by atoms with Gasteiger partial charge in [0.05, 0.1) is 0 Å². The summed E-state index contributed by atoms with van der Waals surface area (Å²) in [6.07, 6.45) is 11.0. The first kappa shape index (κ1) is 19.7. The van der Waals surface area contributed by atoms with Crippen LogP contribution in [0.5, 0.6) is 5.75 Å². The van der Waals surface area contributed by atoms with E-state index in [1.165, 1.54) is 69.4 Å². The molecule has 0 heterocycles. The van der Waals surface area contributed by atoms with Gasteiger partial charge in [-0.05, 0) is 66.3 Å². The molecule has 0 radical (unpaired) electrons. The molecule has 2 aromatic rings. The highest BCUT2D eigenvalue weighted by molar-refractivity contribution is 5.70. The van der Waals surface area contributed by atoms with Gasteiger partial charge >= 0.3 is 5.97 Å². The summed E-state index contributed by atoms with van der Waals surface area (Å²) in [6, 6.07) is 16.8. The van der Waals surface area contributed by atoms with Gasteiger partial charge in [-0.1, -0.05) is 69.0 Å². The van der Waals surface area contributed by atoms with E-state index in [0.717, 1.165) is 17.4 Å². The summed E-state index contributed by atoms with van der Waals surface area (Å²) < 4.78 is 5.10. The smallest absolute Gasteiger partial charge is 0.308 e. The molecule has 0 spiro atoms. The number of hydrogen-bond acceptors (Lipinski definition) is 2. The second-order valence-electron chi connectivity index (χ2n) is 7.95. The molecule has 0 amide bonds. The van der Waals surface area contributed by atoms with Crippen LogP contribution in [-0.4, -0.2) is 5.97 Å². The topological polar surface area (TPSA) is 26.3 Å². The summed E-state index contributed by atoms with van der Waals surface area (Å²) in [4.78, 5) is 11.0. The molecule has 2 heteroatoms. The number of carbonyl (C=O) groups is 1. The molecule has 27 heavy (non-hydrogen) atoms. The van der Waals surface area contributed by atoms with Crippen LogP contribution in [0.15, 0.2) is 48.5 Å². The van der Waals surface area contributed by atoms with Crippen molar-refractivity contribution >= 4 is 5.97 Å². The number of esters is 1. The van der Waals surface area contributed by atoms with Crippen molar-refractivity contribution < 1.29 is 9.53 Å². The zero-order valence-electron chi connectivity index (χ0n) is 16.7. The largest absolute Gasteiger partial charge is 0.427 e. The molecule has 0 aliphatic heterocycles. The predicted molar refractivity (Wildman–Crippen MR) is 112 cm³/mol. The van der Waals surface area contributed by atoms with Gasteiger partial charge in [-0.3, -0.25) is 4.79 Å². The number of rotatable bonds is 7.